The Kier molecular flexibility index (Phi) is 11.6. The first-order valence-corrected chi connectivity index (χ1v) is 10.3. The van der Waals surface area contributed by atoms with Crippen molar-refractivity contribution in [1.29, 1.82) is 0 Å². The maximum atomic E-state index is 11.8. The van der Waals surface area contributed by atoms with Gasteiger partial charge in [0.1, 0.15) is 9.84 Å². The topological polar surface area (TPSA) is 99.7 Å². The average molecular weight is 474 g/mol. The van der Waals surface area contributed by atoms with Crippen molar-refractivity contribution < 1.29 is 13.2 Å². The van der Waals surface area contributed by atoms with Crippen LogP contribution in [0.25, 0.3) is 0 Å². The molecule has 0 radical (unpaired) electrons. The molecule has 0 saturated heterocycles. The molecule has 24 heavy (non-hydrogen) atoms. The molecule has 1 atom stereocenters. The van der Waals surface area contributed by atoms with E-state index in [1.54, 1.807) is 7.05 Å². The lowest BCUT2D eigenvalue weighted by Gasteiger charge is -2.18. The third-order valence-corrected chi connectivity index (χ3v) is 4.87. The largest absolute Gasteiger partial charge is 0.356 e. The number of nitrogens with zero attached hydrogens (tertiary/aromatic N) is 1. The van der Waals surface area contributed by atoms with Crippen LogP contribution in [0, 0.1) is 0 Å². The molecule has 9 heteroatoms. The lowest BCUT2D eigenvalue weighted by atomic mass is 10.2. The Bertz CT molecular complexity index is 505. The van der Waals surface area contributed by atoms with Gasteiger partial charge >= 0.3 is 0 Å². The number of carbonyl (C=O) groups is 1. The molecule has 0 heterocycles. The van der Waals surface area contributed by atoms with E-state index in [2.05, 4.69) is 20.9 Å². The van der Waals surface area contributed by atoms with Crippen molar-refractivity contribution in [3.05, 3.63) is 0 Å². The van der Waals surface area contributed by atoms with Gasteiger partial charge in [-0.2, -0.15) is 0 Å². The first kappa shape index (κ1) is 23.4. The molecule has 1 amide bonds. The molecule has 142 valence electrons. The van der Waals surface area contributed by atoms with E-state index in [4.69, 9.17) is 0 Å². The van der Waals surface area contributed by atoms with Gasteiger partial charge in [0, 0.05) is 38.4 Å². The molecule has 1 aliphatic carbocycles. The Labute approximate surface area is 162 Å². The lowest BCUT2D eigenvalue weighted by Crippen LogP contribution is -2.44. The number of hydrogen-bond acceptors (Lipinski definition) is 4. The number of rotatable bonds is 8. The van der Waals surface area contributed by atoms with E-state index < -0.39 is 9.84 Å². The average Bonchev–Trinajstić information content (AvgIpc) is 2.96. The summed E-state index contributed by atoms with van der Waals surface area (Å²) in [5.74, 6) is 0.784. The van der Waals surface area contributed by atoms with Gasteiger partial charge in [0.25, 0.3) is 0 Å². The number of carbonyl (C=O) groups excluding carboxylic acids is 1. The number of nitrogens with one attached hydrogen (secondary N) is 3. The molecule has 0 spiro atoms. The smallest absolute Gasteiger partial charge is 0.221 e. The van der Waals surface area contributed by atoms with Crippen molar-refractivity contribution >= 4 is 45.7 Å². The standard InChI is InChI=1S/C15H30N4O3S.HI/c1-12(9-11-23(3,21)22)18-15(16-2)17-10-8-14(20)19-13-6-4-5-7-13;/h12-13H,4-11H2,1-3H3,(H,19,20)(H2,16,17,18);1H. The zero-order valence-electron chi connectivity index (χ0n) is 14.8. The minimum Gasteiger partial charge on any atom is -0.356 e. The number of aliphatic imine (C=N–C) groups is 1. The van der Waals surface area contributed by atoms with Gasteiger partial charge in [-0.1, -0.05) is 12.8 Å². The monoisotopic (exact) mass is 474 g/mol. The fraction of sp³-hybridized carbons (Fsp3) is 0.867. The van der Waals surface area contributed by atoms with Crippen LogP contribution in [0.5, 0.6) is 0 Å². The van der Waals surface area contributed by atoms with Crippen LogP contribution in [0.1, 0.15) is 45.4 Å². The van der Waals surface area contributed by atoms with Crippen molar-refractivity contribution in [2.75, 3.05) is 25.6 Å². The second kappa shape index (κ2) is 11.9. The molecule has 0 aromatic carbocycles. The summed E-state index contributed by atoms with van der Waals surface area (Å²) in [5.41, 5.74) is 0. The molecular formula is C15H31IN4O3S. The fourth-order valence-corrected chi connectivity index (χ4v) is 3.34. The van der Waals surface area contributed by atoms with Crippen molar-refractivity contribution in [1.82, 2.24) is 16.0 Å². The van der Waals surface area contributed by atoms with Crippen molar-refractivity contribution in [2.45, 2.75) is 57.5 Å². The number of sulfone groups is 1. The molecule has 1 saturated carbocycles. The Balaban J connectivity index is 0.00000529. The quantitative estimate of drug-likeness (QED) is 0.278. The van der Waals surface area contributed by atoms with Gasteiger partial charge < -0.3 is 16.0 Å². The third-order valence-electron chi connectivity index (χ3n) is 3.89. The Morgan fingerprint density at radius 1 is 1.29 bits per heavy atom. The molecular weight excluding hydrogens is 443 g/mol. The van der Waals surface area contributed by atoms with Crippen LogP contribution in [-0.4, -0.2) is 58.0 Å². The maximum absolute atomic E-state index is 11.8. The lowest BCUT2D eigenvalue weighted by molar-refractivity contribution is -0.121. The van der Waals surface area contributed by atoms with E-state index in [0.717, 1.165) is 12.8 Å². The summed E-state index contributed by atoms with van der Waals surface area (Å²) in [5, 5.41) is 9.25. The Morgan fingerprint density at radius 2 is 1.92 bits per heavy atom. The first-order chi connectivity index (χ1) is 10.8. The molecule has 0 aliphatic heterocycles. The van der Waals surface area contributed by atoms with Crippen molar-refractivity contribution in [3.8, 4) is 0 Å². The van der Waals surface area contributed by atoms with Crippen molar-refractivity contribution in [2.24, 2.45) is 4.99 Å². The molecule has 0 aromatic rings. The van der Waals surface area contributed by atoms with Crippen LogP contribution < -0.4 is 16.0 Å². The number of guanidine groups is 1. The summed E-state index contributed by atoms with van der Waals surface area (Å²) in [6.45, 7) is 2.40. The molecule has 0 bridgehead atoms. The number of halogens is 1. The highest BCUT2D eigenvalue weighted by atomic mass is 127. The molecule has 1 fully saturated rings. The summed E-state index contributed by atoms with van der Waals surface area (Å²) in [4.78, 5) is 15.9. The van der Waals surface area contributed by atoms with Crippen LogP contribution in [0.3, 0.4) is 0 Å². The highest BCUT2D eigenvalue weighted by Crippen LogP contribution is 2.17. The normalized spacial score (nSPS) is 17.0. The highest BCUT2D eigenvalue weighted by Gasteiger charge is 2.16. The van der Waals surface area contributed by atoms with Gasteiger partial charge in [-0.3, -0.25) is 9.79 Å². The van der Waals surface area contributed by atoms with E-state index in [1.807, 2.05) is 6.92 Å². The minimum absolute atomic E-state index is 0. The highest BCUT2D eigenvalue weighted by molar-refractivity contribution is 14.0. The van der Waals surface area contributed by atoms with Crippen LogP contribution in [-0.2, 0) is 14.6 Å². The zero-order valence-corrected chi connectivity index (χ0v) is 17.9. The molecule has 7 nitrogen and oxygen atoms in total. The molecule has 3 N–H and O–H groups in total. The van der Waals surface area contributed by atoms with Gasteiger partial charge in [0.15, 0.2) is 5.96 Å². The van der Waals surface area contributed by atoms with Gasteiger partial charge in [0.2, 0.25) is 5.91 Å². The van der Waals surface area contributed by atoms with Crippen LogP contribution in [0.2, 0.25) is 0 Å². The zero-order chi connectivity index (χ0) is 17.3. The SMILES string of the molecule is CN=C(NCCC(=O)NC1CCCC1)NC(C)CCS(C)(=O)=O.I. The molecule has 1 unspecified atom stereocenters. The minimum atomic E-state index is -2.95. The van der Waals surface area contributed by atoms with Gasteiger partial charge in [0.05, 0.1) is 5.75 Å². The second-order valence-corrected chi connectivity index (χ2v) is 8.52. The molecule has 1 rings (SSSR count). The number of hydrogen-bond donors (Lipinski definition) is 3. The van der Waals surface area contributed by atoms with Gasteiger partial charge in [-0.25, -0.2) is 8.42 Å². The predicted octanol–water partition coefficient (Wildman–Crippen LogP) is 1.04. The second-order valence-electron chi connectivity index (χ2n) is 6.26. The van der Waals surface area contributed by atoms with E-state index in [1.165, 1.54) is 19.1 Å². The summed E-state index contributed by atoms with van der Waals surface area (Å²) < 4.78 is 22.3. The maximum Gasteiger partial charge on any atom is 0.221 e. The Morgan fingerprint density at radius 3 is 2.46 bits per heavy atom. The van der Waals surface area contributed by atoms with Gasteiger partial charge in [-0.15, -0.1) is 24.0 Å². The summed E-state index contributed by atoms with van der Waals surface area (Å²) in [7, 11) is -1.30. The molecule has 1 aliphatic rings. The van der Waals surface area contributed by atoms with Crippen LogP contribution in [0.15, 0.2) is 4.99 Å². The third kappa shape index (κ3) is 11.1. The summed E-state index contributed by atoms with van der Waals surface area (Å²) >= 11 is 0. The predicted molar refractivity (Wildman–Crippen MR) is 109 cm³/mol. The Hall–Kier alpha value is -0.580. The van der Waals surface area contributed by atoms with Crippen LogP contribution in [0.4, 0.5) is 0 Å². The fourth-order valence-electron chi connectivity index (χ4n) is 2.56. The first-order valence-electron chi connectivity index (χ1n) is 8.24. The summed E-state index contributed by atoms with van der Waals surface area (Å²) in [6.07, 6.45) is 6.71. The molecule has 0 aromatic heterocycles. The summed E-state index contributed by atoms with van der Waals surface area (Å²) in [6, 6.07) is 0.333. The number of amides is 1. The van der Waals surface area contributed by atoms with E-state index >= 15 is 0 Å². The van der Waals surface area contributed by atoms with E-state index in [-0.39, 0.29) is 41.7 Å². The van der Waals surface area contributed by atoms with Crippen molar-refractivity contribution in [3.63, 3.8) is 0 Å². The van der Waals surface area contributed by atoms with E-state index in [0.29, 0.717) is 31.4 Å². The van der Waals surface area contributed by atoms with Gasteiger partial charge in [-0.05, 0) is 26.2 Å². The van der Waals surface area contributed by atoms with Crippen LogP contribution >= 0.6 is 24.0 Å². The van der Waals surface area contributed by atoms with E-state index in [9.17, 15) is 13.2 Å².